The highest BCUT2D eigenvalue weighted by Crippen LogP contribution is 2.36. The molecule has 5 rings (SSSR count). The monoisotopic (exact) mass is 385 g/mol. The second-order valence-corrected chi connectivity index (χ2v) is 8.94. The van der Waals surface area contributed by atoms with E-state index in [-0.39, 0.29) is 0 Å². The van der Waals surface area contributed by atoms with Crippen molar-refractivity contribution in [3.8, 4) is 0 Å². The van der Waals surface area contributed by atoms with Crippen molar-refractivity contribution in [2.75, 3.05) is 13.1 Å². The van der Waals surface area contributed by atoms with Crippen molar-refractivity contribution in [1.82, 2.24) is 24.2 Å². The van der Waals surface area contributed by atoms with Crippen molar-refractivity contribution in [2.45, 2.75) is 51.2 Å². The maximum Gasteiger partial charge on any atom is 0.199 e. The smallest absolute Gasteiger partial charge is 0.199 e. The van der Waals surface area contributed by atoms with Crippen molar-refractivity contribution in [3.05, 3.63) is 39.9 Å². The molecule has 1 saturated carbocycles. The number of nitrogens with zero attached hydrogens (tertiary/aromatic N) is 5. The number of hydrogen-bond acceptors (Lipinski definition) is 5. The zero-order valence-corrected chi connectivity index (χ0v) is 16.6. The summed E-state index contributed by atoms with van der Waals surface area (Å²) in [5.74, 6) is 1.57. The van der Waals surface area contributed by atoms with E-state index in [1.54, 1.807) is 0 Å². The van der Waals surface area contributed by atoms with Gasteiger partial charge in [-0.1, -0.05) is 12.1 Å². The minimum atomic E-state index is 0.516. The van der Waals surface area contributed by atoms with Crippen molar-refractivity contribution >= 4 is 33.8 Å². The normalized spacial score (nSPS) is 21.5. The van der Waals surface area contributed by atoms with E-state index in [1.165, 1.54) is 35.4 Å². The van der Waals surface area contributed by atoms with Crippen molar-refractivity contribution in [1.29, 1.82) is 0 Å². The molecular weight excluding hydrogens is 362 g/mol. The van der Waals surface area contributed by atoms with E-state index in [0.717, 1.165) is 35.9 Å². The van der Waals surface area contributed by atoms with E-state index < -0.39 is 0 Å². The second-order valence-electron chi connectivity index (χ2n) is 7.51. The van der Waals surface area contributed by atoms with E-state index in [4.69, 9.17) is 22.3 Å². The molecule has 26 heavy (non-hydrogen) atoms. The Morgan fingerprint density at radius 1 is 1.23 bits per heavy atom. The minimum absolute atomic E-state index is 0.516. The van der Waals surface area contributed by atoms with E-state index in [2.05, 4.69) is 40.7 Å². The number of aromatic nitrogens is 4. The fourth-order valence-corrected chi connectivity index (χ4v) is 5.49. The standard InChI is InChI=1S/C19H23N5S2/c1-13-21-23(19(25)24(13)15-8-9-15)12-22-10-4-5-14(11-22)18-20-16-6-2-3-7-17(16)26-18/h2-3,6-7,14-15H,4-5,8-12H2,1H3/t14-/m1/s1. The maximum absolute atomic E-state index is 5.69. The predicted octanol–water partition coefficient (Wildman–Crippen LogP) is 4.50. The molecule has 1 aliphatic heterocycles. The molecule has 0 amide bonds. The van der Waals surface area contributed by atoms with Crippen LogP contribution < -0.4 is 0 Å². The van der Waals surface area contributed by atoms with Crippen LogP contribution in [0, 0.1) is 11.7 Å². The number of benzene rings is 1. The summed E-state index contributed by atoms with van der Waals surface area (Å²) >= 11 is 7.54. The van der Waals surface area contributed by atoms with Gasteiger partial charge in [0.15, 0.2) is 4.77 Å². The predicted molar refractivity (Wildman–Crippen MR) is 107 cm³/mol. The summed E-state index contributed by atoms with van der Waals surface area (Å²) in [6.07, 6.45) is 4.90. The van der Waals surface area contributed by atoms with Crippen molar-refractivity contribution < 1.29 is 0 Å². The fraction of sp³-hybridized carbons (Fsp3) is 0.526. The molecule has 0 N–H and O–H groups in total. The summed E-state index contributed by atoms with van der Waals surface area (Å²) in [7, 11) is 0. The Bertz CT molecular complexity index is 964. The highest BCUT2D eigenvalue weighted by atomic mass is 32.1. The Hall–Kier alpha value is -1.57. The van der Waals surface area contributed by atoms with Gasteiger partial charge in [-0.25, -0.2) is 9.67 Å². The van der Waals surface area contributed by atoms with Gasteiger partial charge in [0.1, 0.15) is 5.82 Å². The van der Waals surface area contributed by atoms with Crippen molar-refractivity contribution in [2.24, 2.45) is 0 Å². The molecule has 0 spiro atoms. The van der Waals surface area contributed by atoms with E-state index in [0.29, 0.717) is 12.0 Å². The molecule has 3 heterocycles. The molecule has 1 aromatic carbocycles. The van der Waals surface area contributed by atoms with Gasteiger partial charge in [-0.2, -0.15) is 5.10 Å². The molecule has 1 atom stereocenters. The van der Waals surface area contributed by atoms with Crippen molar-refractivity contribution in [3.63, 3.8) is 0 Å². The molecule has 3 aromatic rings. The summed E-state index contributed by atoms with van der Waals surface area (Å²) in [6.45, 7) is 5.01. The largest absolute Gasteiger partial charge is 0.301 e. The van der Waals surface area contributed by atoms with Gasteiger partial charge >= 0.3 is 0 Å². The number of hydrogen-bond donors (Lipinski definition) is 0. The van der Waals surface area contributed by atoms with Crippen LogP contribution in [0.1, 0.15) is 48.5 Å². The molecule has 2 aliphatic rings. The summed E-state index contributed by atoms with van der Waals surface area (Å²) in [4.78, 5) is 7.38. The molecule has 5 nitrogen and oxygen atoms in total. The summed E-state index contributed by atoms with van der Waals surface area (Å²) < 4.78 is 6.43. The lowest BCUT2D eigenvalue weighted by Gasteiger charge is -2.31. The number of thiazole rings is 1. The van der Waals surface area contributed by atoms with Gasteiger partial charge in [-0.3, -0.25) is 4.90 Å². The van der Waals surface area contributed by atoms with Crippen LogP contribution in [-0.4, -0.2) is 37.3 Å². The highest BCUT2D eigenvalue weighted by Gasteiger charge is 2.28. The Labute approximate surface area is 162 Å². The Kier molecular flexibility index (Phi) is 4.18. The molecule has 1 aliphatic carbocycles. The van der Waals surface area contributed by atoms with Gasteiger partial charge in [0.2, 0.25) is 0 Å². The first-order chi connectivity index (χ1) is 12.7. The van der Waals surface area contributed by atoms with Crippen LogP contribution in [0.3, 0.4) is 0 Å². The summed E-state index contributed by atoms with van der Waals surface area (Å²) in [6, 6.07) is 9.04. The zero-order chi connectivity index (χ0) is 17.7. The first kappa shape index (κ1) is 16.6. The number of para-hydroxylation sites is 1. The van der Waals surface area contributed by atoms with Crippen LogP contribution in [0.15, 0.2) is 24.3 Å². The summed E-state index contributed by atoms with van der Waals surface area (Å²) in [5, 5.41) is 6.00. The van der Waals surface area contributed by atoms with Gasteiger partial charge in [-0.05, 0) is 63.5 Å². The lowest BCUT2D eigenvalue weighted by atomic mass is 9.99. The minimum Gasteiger partial charge on any atom is -0.301 e. The molecule has 2 aromatic heterocycles. The Morgan fingerprint density at radius 2 is 2.08 bits per heavy atom. The van der Waals surface area contributed by atoms with Gasteiger partial charge in [0.25, 0.3) is 0 Å². The molecule has 7 heteroatoms. The molecule has 136 valence electrons. The quantitative estimate of drug-likeness (QED) is 0.620. The second kappa shape index (κ2) is 6.55. The zero-order valence-electron chi connectivity index (χ0n) is 15.0. The van der Waals surface area contributed by atoms with Gasteiger partial charge < -0.3 is 4.57 Å². The number of aryl methyl sites for hydroxylation is 1. The third-order valence-electron chi connectivity index (χ3n) is 5.45. The molecular formula is C19H23N5S2. The average Bonchev–Trinajstić information content (AvgIpc) is 3.31. The Morgan fingerprint density at radius 3 is 2.88 bits per heavy atom. The molecule has 0 unspecified atom stereocenters. The first-order valence-electron chi connectivity index (χ1n) is 9.43. The van der Waals surface area contributed by atoms with Crippen LogP contribution in [-0.2, 0) is 6.67 Å². The highest BCUT2D eigenvalue weighted by molar-refractivity contribution is 7.71. The third kappa shape index (κ3) is 3.02. The fourth-order valence-electron chi connectivity index (χ4n) is 4.01. The third-order valence-corrected chi connectivity index (χ3v) is 7.06. The maximum atomic E-state index is 5.69. The number of rotatable bonds is 4. The lowest BCUT2D eigenvalue weighted by molar-refractivity contribution is 0.156. The SMILES string of the molecule is Cc1nn(CN2CCC[C@@H](c3nc4ccccc4s3)C2)c(=S)n1C1CC1. The van der Waals surface area contributed by atoms with Crippen LogP contribution in [0.2, 0.25) is 0 Å². The number of fused-ring (bicyclic) bond motifs is 1. The van der Waals surface area contributed by atoms with Gasteiger partial charge in [0.05, 0.1) is 21.9 Å². The lowest BCUT2D eigenvalue weighted by Crippen LogP contribution is -2.36. The Balaban J connectivity index is 1.34. The molecule has 1 saturated heterocycles. The van der Waals surface area contributed by atoms with Crippen LogP contribution in [0.5, 0.6) is 0 Å². The average molecular weight is 386 g/mol. The van der Waals surface area contributed by atoms with Crippen LogP contribution in [0.25, 0.3) is 10.2 Å². The van der Waals surface area contributed by atoms with Crippen LogP contribution in [0.4, 0.5) is 0 Å². The number of likely N-dealkylation sites (tertiary alicyclic amines) is 1. The van der Waals surface area contributed by atoms with E-state index in [9.17, 15) is 0 Å². The van der Waals surface area contributed by atoms with E-state index in [1.807, 2.05) is 16.0 Å². The van der Waals surface area contributed by atoms with E-state index >= 15 is 0 Å². The summed E-state index contributed by atoms with van der Waals surface area (Å²) in [5.41, 5.74) is 1.13. The molecule has 0 radical (unpaired) electrons. The first-order valence-corrected chi connectivity index (χ1v) is 10.7. The van der Waals surface area contributed by atoms with Gasteiger partial charge in [-0.15, -0.1) is 11.3 Å². The van der Waals surface area contributed by atoms with Gasteiger partial charge in [0, 0.05) is 18.5 Å². The molecule has 2 fully saturated rings. The molecule has 0 bridgehead atoms. The topological polar surface area (TPSA) is 38.9 Å². The number of piperidine rings is 1. The van der Waals surface area contributed by atoms with Crippen LogP contribution >= 0.6 is 23.6 Å².